The first-order valence-corrected chi connectivity index (χ1v) is 7.59. The molecule has 3 aromatic rings. The highest BCUT2D eigenvalue weighted by Crippen LogP contribution is 2.22. The van der Waals surface area contributed by atoms with Gasteiger partial charge in [-0.1, -0.05) is 18.1 Å². The summed E-state index contributed by atoms with van der Waals surface area (Å²) in [5.74, 6) is 2.08. The van der Waals surface area contributed by atoms with E-state index in [0.717, 1.165) is 5.56 Å². The van der Waals surface area contributed by atoms with Crippen molar-refractivity contribution in [1.82, 2.24) is 15.5 Å². The Labute approximate surface area is 138 Å². The van der Waals surface area contributed by atoms with Crippen molar-refractivity contribution >= 4 is 5.91 Å². The number of benzene rings is 1. The third-order valence-corrected chi connectivity index (χ3v) is 3.28. The number of amides is 1. The lowest BCUT2D eigenvalue weighted by Gasteiger charge is -2.07. The lowest BCUT2D eigenvalue weighted by Crippen LogP contribution is -2.28. The average molecular weight is 327 g/mol. The molecule has 7 heteroatoms. The molecule has 0 fully saturated rings. The molecule has 0 saturated heterocycles. The van der Waals surface area contributed by atoms with Gasteiger partial charge < -0.3 is 19.0 Å². The van der Waals surface area contributed by atoms with Crippen molar-refractivity contribution in [2.24, 2.45) is 0 Å². The van der Waals surface area contributed by atoms with Crippen molar-refractivity contribution in [2.45, 2.75) is 19.9 Å². The molecule has 1 amide bonds. The fourth-order valence-corrected chi connectivity index (χ4v) is 2.03. The molecule has 0 aliphatic rings. The monoisotopic (exact) mass is 327 g/mol. The maximum Gasteiger partial charge on any atom is 0.258 e. The van der Waals surface area contributed by atoms with E-state index in [-0.39, 0.29) is 12.5 Å². The molecule has 7 nitrogen and oxygen atoms in total. The second-order valence-corrected chi connectivity index (χ2v) is 5.04. The number of ether oxygens (including phenoxy) is 1. The molecule has 3 rings (SSSR count). The number of aryl methyl sites for hydroxylation is 1. The molecule has 2 heterocycles. The molecular weight excluding hydrogens is 310 g/mol. The van der Waals surface area contributed by atoms with Crippen LogP contribution in [0.4, 0.5) is 0 Å². The van der Waals surface area contributed by atoms with E-state index in [4.69, 9.17) is 13.7 Å². The summed E-state index contributed by atoms with van der Waals surface area (Å²) in [5, 5.41) is 6.58. The summed E-state index contributed by atoms with van der Waals surface area (Å²) in [6.45, 7) is 2.20. The van der Waals surface area contributed by atoms with Gasteiger partial charge in [-0.05, 0) is 30.3 Å². The van der Waals surface area contributed by atoms with Gasteiger partial charge in [0.2, 0.25) is 0 Å². The molecule has 24 heavy (non-hydrogen) atoms. The van der Waals surface area contributed by atoms with Gasteiger partial charge in [0.1, 0.15) is 11.5 Å². The Morgan fingerprint density at radius 2 is 2.21 bits per heavy atom. The Balaban J connectivity index is 1.55. The quantitative estimate of drug-likeness (QED) is 0.717. The average Bonchev–Trinajstić information content (AvgIpc) is 3.29. The number of hydrogen-bond acceptors (Lipinski definition) is 6. The molecule has 0 spiro atoms. The van der Waals surface area contributed by atoms with Crippen molar-refractivity contribution in [3.63, 3.8) is 0 Å². The predicted molar refractivity (Wildman–Crippen MR) is 85.2 cm³/mol. The van der Waals surface area contributed by atoms with Crippen LogP contribution < -0.4 is 10.1 Å². The van der Waals surface area contributed by atoms with E-state index >= 15 is 0 Å². The second kappa shape index (κ2) is 7.45. The first kappa shape index (κ1) is 15.8. The maximum absolute atomic E-state index is 11.8. The molecule has 0 atom stereocenters. The number of furan rings is 1. The summed E-state index contributed by atoms with van der Waals surface area (Å²) >= 11 is 0. The molecule has 0 saturated carbocycles. The van der Waals surface area contributed by atoms with Crippen LogP contribution in [0.3, 0.4) is 0 Å². The largest absolute Gasteiger partial charge is 0.484 e. The molecule has 0 aliphatic carbocycles. The Morgan fingerprint density at radius 1 is 1.29 bits per heavy atom. The van der Waals surface area contributed by atoms with Gasteiger partial charge in [-0.15, -0.1) is 0 Å². The van der Waals surface area contributed by atoms with Crippen molar-refractivity contribution in [1.29, 1.82) is 0 Å². The minimum Gasteiger partial charge on any atom is -0.484 e. The van der Waals surface area contributed by atoms with Gasteiger partial charge >= 0.3 is 0 Å². The summed E-state index contributed by atoms with van der Waals surface area (Å²) in [6, 6.07) is 10.7. The van der Waals surface area contributed by atoms with Gasteiger partial charge in [0.05, 0.1) is 12.8 Å². The Hall–Kier alpha value is -3.09. The number of rotatable bonds is 7. The van der Waals surface area contributed by atoms with Crippen LogP contribution in [0.2, 0.25) is 0 Å². The van der Waals surface area contributed by atoms with Gasteiger partial charge in [-0.3, -0.25) is 4.79 Å². The minimum atomic E-state index is -0.233. The molecule has 0 aliphatic heterocycles. The van der Waals surface area contributed by atoms with Crippen LogP contribution in [0.25, 0.3) is 11.5 Å². The molecule has 0 bridgehead atoms. The lowest BCUT2D eigenvalue weighted by molar-refractivity contribution is -0.123. The van der Waals surface area contributed by atoms with Crippen LogP contribution in [0.1, 0.15) is 18.5 Å². The van der Waals surface area contributed by atoms with Crippen LogP contribution >= 0.6 is 0 Å². The number of nitrogens with zero attached hydrogens (tertiary/aromatic N) is 2. The zero-order chi connectivity index (χ0) is 16.8. The smallest absolute Gasteiger partial charge is 0.258 e. The van der Waals surface area contributed by atoms with Crippen LogP contribution in [0, 0.1) is 0 Å². The van der Waals surface area contributed by atoms with Gasteiger partial charge in [0.15, 0.2) is 12.4 Å². The Bertz CT molecular complexity index is 796. The fraction of sp³-hybridized carbons (Fsp3) is 0.235. The summed E-state index contributed by atoms with van der Waals surface area (Å²) in [4.78, 5) is 16.1. The lowest BCUT2D eigenvalue weighted by atomic mass is 10.2. The molecule has 1 N–H and O–H groups in total. The van der Waals surface area contributed by atoms with Crippen LogP contribution in [-0.4, -0.2) is 22.7 Å². The molecular formula is C17H17N3O4. The van der Waals surface area contributed by atoms with Crippen molar-refractivity contribution < 1.29 is 18.5 Å². The highest BCUT2D eigenvalue weighted by Gasteiger charge is 2.09. The fourth-order valence-electron chi connectivity index (χ4n) is 2.03. The molecule has 124 valence electrons. The van der Waals surface area contributed by atoms with Crippen LogP contribution in [-0.2, 0) is 17.8 Å². The highest BCUT2D eigenvalue weighted by atomic mass is 16.5. The summed E-state index contributed by atoms with van der Waals surface area (Å²) in [6.07, 6.45) is 2.26. The number of carbonyl (C=O) groups excluding carboxylic acids is 1. The zero-order valence-electron chi connectivity index (χ0n) is 13.2. The minimum absolute atomic E-state index is 0.0891. The highest BCUT2D eigenvalue weighted by molar-refractivity contribution is 5.77. The molecule has 0 unspecified atom stereocenters. The maximum atomic E-state index is 11.8. The van der Waals surface area contributed by atoms with E-state index < -0.39 is 0 Å². The van der Waals surface area contributed by atoms with E-state index in [1.165, 1.54) is 0 Å². The predicted octanol–water partition coefficient (Wildman–Crippen LogP) is 2.59. The van der Waals surface area contributed by atoms with Gasteiger partial charge in [-0.2, -0.15) is 4.98 Å². The molecule has 0 radical (unpaired) electrons. The Morgan fingerprint density at radius 3 is 2.96 bits per heavy atom. The van der Waals surface area contributed by atoms with E-state index in [1.54, 1.807) is 36.6 Å². The third kappa shape index (κ3) is 4.01. The van der Waals surface area contributed by atoms with Crippen molar-refractivity contribution in [2.75, 3.05) is 6.61 Å². The van der Waals surface area contributed by atoms with Crippen molar-refractivity contribution in [3.05, 3.63) is 54.2 Å². The summed E-state index contributed by atoms with van der Waals surface area (Å²) < 4.78 is 15.8. The molecule has 2 aromatic heterocycles. The standard InChI is InChI=1S/C17H17N3O4/c1-2-15-19-17(24-20-15)12-5-3-6-13(9-12)23-11-16(21)18-10-14-7-4-8-22-14/h3-9H,2,10-11H2,1H3,(H,18,21). The Kier molecular flexibility index (Phi) is 4.90. The number of aromatic nitrogens is 2. The number of hydrogen-bond donors (Lipinski definition) is 1. The van der Waals surface area contributed by atoms with Gasteiger partial charge in [0, 0.05) is 12.0 Å². The van der Waals surface area contributed by atoms with E-state index in [1.807, 2.05) is 13.0 Å². The normalized spacial score (nSPS) is 10.5. The number of carbonyl (C=O) groups is 1. The van der Waals surface area contributed by atoms with Gasteiger partial charge in [0.25, 0.3) is 11.8 Å². The van der Waals surface area contributed by atoms with E-state index in [2.05, 4.69) is 15.5 Å². The second-order valence-electron chi connectivity index (χ2n) is 5.04. The van der Waals surface area contributed by atoms with Crippen molar-refractivity contribution in [3.8, 4) is 17.2 Å². The summed E-state index contributed by atoms with van der Waals surface area (Å²) in [5.41, 5.74) is 0.746. The summed E-state index contributed by atoms with van der Waals surface area (Å²) in [7, 11) is 0. The zero-order valence-corrected chi connectivity index (χ0v) is 13.2. The van der Waals surface area contributed by atoms with Crippen LogP contribution in [0.5, 0.6) is 5.75 Å². The first-order chi connectivity index (χ1) is 11.7. The molecule has 1 aromatic carbocycles. The first-order valence-electron chi connectivity index (χ1n) is 7.59. The number of nitrogens with one attached hydrogen (secondary N) is 1. The SMILES string of the molecule is CCc1noc(-c2cccc(OCC(=O)NCc3ccco3)c2)n1. The van der Waals surface area contributed by atoms with Gasteiger partial charge in [-0.25, -0.2) is 0 Å². The van der Waals surface area contributed by atoms with E-state index in [9.17, 15) is 4.79 Å². The topological polar surface area (TPSA) is 90.4 Å². The van der Waals surface area contributed by atoms with E-state index in [0.29, 0.717) is 36.2 Å². The third-order valence-electron chi connectivity index (χ3n) is 3.28. The van der Waals surface area contributed by atoms with Crippen LogP contribution in [0.15, 0.2) is 51.6 Å².